The summed E-state index contributed by atoms with van der Waals surface area (Å²) in [5.41, 5.74) is 0.541. The van der Waals surface area contributed by atoms with E-state index >= 15 is 0 Å². The van der Waals surface area contributed by atoms with Crippen molar-refractivity contribution in [3.8, 4) is 17.6 Å². The average Bonchev–Trinajstić information content (AvgIpc) is 2.39. The Morgan fingerprint density at radius 2 is 1.47 bits per heavy atom. The first-order valence-corrected chi connectivity index (χ1v) is 8.87. The predicted octanol–water partition coefficient (Wildman–Crippen LogP) is 4.48. The van der Waals surface area contributed by atoms with Gasteiger partial charge in [0.2, 0.25) is 0 Å². The van der Waals surface area contributed by atoms with Crippen LogP contribution in [0.4, 0.5) is 0 Å². The third-order valence-electron chi connectivity index (χ3n) is 2.16. The maximum Gasteiger partial charge on any atom is 0.384 e. The molecule has 1 atom stereocenters. The minimum absolute atomic E-state index is 0.480. The van der Waals surface area contributed by atoms with Crippen molar-refractivity contribution in [2.75, 3.05) is 0 Å². The third-order valence-corrected chi connectivity index (χ3v) is 3.87. The number of para-hydroxylation sites is 1. The lowest BCUT2D eigenvalue weighted by Crippen LogP contribution is -1.94. The van der Waals surface area contributed by atoms with E-state index in [9.17, 15) is 0 Å². The van der Waals surface area contributed by atoms with Crippen LogP contribution in [0.25, 0.3) is 0 Å². The van der Waals surface area contributed by atoms with Crippen molar-refractivity contribution < 1.29 is 9.05 Å². The Hall–Kier alpha value is -1.53. The Bertz CT molecular complexity index is 640. The molecule has 3 nitrogen and oxygen atoms in total. The van der Waals surface area contributed by atoms with Crippen LogP contribution in [0.3, 0.4) is 0 Å². The van der Waals surface area contributed by atoms with Crippen molar-refractivity contribution in [3.63, 3.8) is 0 Å². The summed E-state index contributed by atoms with van der Waals surface area (Å²) in [7, 11) is 0. The van der Waals surface area contributed by atoms with Gasteiger partial charge < -0.3 is 9.05 Å². The zero-order valence-electron chi connectivity index (χ0n) is 9.69. The Morgan fingerprint density at radius 3 is 2.00 bits per heavy atom. The second-order valence-electron chi connectivity index (χ2n) is 3.56. The number of nitriles is 1. The normalized spacial score (nSPS) is 13.1. The van der Waals surface area contributed by atoms with Gasteiger partial charge in [0.25, 0.3) is 0 Å². The van der Waals surface area contributed by atoms with E-state index in [0.717, 1.165) is 0 Å². The van der Waals surface area contributed by atoms with Crippen LogP contribution in [0.5, 0.6) is 11.5 Å². The third kappa shape index (κ3) is 4.25. The van der Waals surface area contributed by atoms with Gasteiger partial charge in [0.15, 0.2) is 0 Å². The molecule has 96 valence electrons. The molecule has 0 heterocycles. The van der Waals surface area contributed by atoms with Crippen LogP contribution in [0.2, 0.25) is 0 Å². The summed E-state index contributed by atoms with van der Waals surface area (Å²) >= 11 is 11.2. The number of hydrogen-bond donors (Lipinski definition) is 0. The van der Waals surface area contributed by atoms with E-state index in [1.54, 1.807) is 36.4 Å². The van der Waals surface area contributed by atoms with Crippen LogP contribution in [-0.2, 0) is 11.8 Å². The smallest absolute Gasteiger partial charge is 0.384 e. The summed E-state index contributed by atoms with van der Waals surface area (Å²) in [6, 6.07) is 17.6. The molecule has 0 radical (unpaired) electrons. The fourth-order valence-electron chi connectivity index (χ4n) is 1.34. The zero-order valence-corrected chi connectivity index (χ0v) is 12.2. The highest BCUT2D eigenvalue weighted by Gasteiger charge is 2.18. The summed E-state index contributed by atoms with van der Waals surface area (Å²) in [4.78, 5) is 0. The van der Waals surface area contributed by atoms with Gasteiger partial charge >= 0.3 is 5.84 Å². The van der Waals surface area contributed by atoms with Crippen LogP contribution >= 0.6 is 17.1 Å². The van der Waals surface area contributed by atoms with E-state index in [-0.39, 0.29) is 0 Å². The summed E-state index contributed by atoms with van der Waals surface area (Å²) in [6.07, 6.45) is 0. The fraction of sp³-hybridized carbons (Fsp3) is 0. The molecule has 6 heteroatoms. The van der Waals surface area contributed by atoms with Crippen LogP contribution in [0.15, 0.2) is 54.6 Å². The molecular formula is C13H9ClNO2PS. The maximum atomic E-state index is 8.70. The summed E-state index contributed by atoms with van der Waals surface area (Å²) in [5.74, 6) is -1.89. The van der Waals surface area contributed by atoms with Gasteiger partial charge in [-0.25, -0.2) is 0 Å². The quantitative estimate of drug-likeness (QED) is 0.781. The van der Waals surface area contributed by atoms with Crippen molar-refractivity contribution in [1.82, 2.24) is 0 Å². The van der Waals surface area contributed by atoms with Gasteiger partial charge in [-0.3, -0.25) is 0 Å². The molecule has 0 aliphatic carbocycles. The van der Waals surface area contributed by atoms with Crippen molar-refractivity contribution in [2.24, 2.45) is 0 Å². The first-order valence-electron chi connectivity index (χ1n) is 5.33. The van der Waals surface area contributed by atoms with Crippen molar-refractivity contribution in [2.45, 2.75) is 0 Å². The van der Waals surface area contributed by atoms with Gasteiger partial charge in [-0.2, -0.15) is 5.26 Å². The second kappa shape index (κ2) is 6.08. The highest BCUT2D eigenvalue weighted by molar-refractivity contribution is 8.22. The van der Waals surface area contributed by atoms with Gasteiger partial charge in [-0.15, -0.1) is 0 Å². The molecule has 0 bridgehead atoms. The number of rotatable bonds is 4. The standard InChI is InChI=1S/C13H9ClNO2PS/c14-18(19,16-12-4-2-1-3-5-12)17-13-8-6-11(10-15)7-9-13/h1-9H. The van der Waals surface area contributed by atoms with Gasteiger partial charge in [-0.05, 0) is 47.6 Å². The summed E-state index contributed by atoms with van der Waals surface area (Å²) in [6.45, 7) is 0. The highest BCUT2D eigenvalue weighted by Crippen LogP contribution is 2.53. The first-order chi connectivity index (χ1) is 9.09. The van der Waals surface area contributed by atoms with Gasteiger partial charge in [-0.1, -0.05) is 18.2 Å². The van der Waals surface area contributed by atoms with Crippen molar-refractivity contribution >= 4 is 28.9 Å². The van der Waals surface area contributed by atoms with Crippen LogP contribution < -0.4 is 9.05 Å². The van der Waals surface area contributed by atoms with E-state index in [1.165, 1.54) is 0 Å². The van der Waals surface area contributed by atoms with E-state index < -0.39 is 5.84 Å². The molecule has 2 rings (SSSR count). The second-order valence-corrected chi connectivity index (χ2v) is 8.17. The number of halogens is 1. The molecule has 0 N–H and O–H groups in total. The largest absolute Gasteiger partial charge is 0.425 e. The first kappa shape index (κ1) is 13.9. The van der Waals surface area contributed by atoms with E-state index in [1.807, 2.05) is 24.3 Å². The van der Waals surface area contributed by atoms with Gasteiger partial charge in [0.1, 0.15) is 11.5 Å². The maximum absolute atomic E-state index is 8.70. The monoisotopic (exact) mass is 309 g/mol. The highest BCUT2D eigenvalue weighted by atomic mass is 35.7. The van der Waals surface area contributed by atoms with Crippen LogP contribution in [0, 0.1) is 11.3 Å². The molecule has 19 heavy (non-hydrogen) atoms. The number of hydrogen-bond acceptors (Lipinski definition) is 4. The van der Waals surface area contributed by atoms with E-state index in [2.05, 4.69) is 0 Å². The van der Waals surface area contributed by atoms with Crippen LogP contribution in [-0.4, -0.2) is 0 Å². The topological polar surface area (TPSA) is 42.2 Å². The molecule has 2 aromatic carbocycles. The molecular weight excluding hydrogens is 301 g/mol. The lowest BCUT2D eigenvalue weighted by Gasteiger charge is -2.17. The molecule has 2 aromatic rings. The predicted molar refractivity (Wildman–Crippen MR) is 79.0 cm³/mol. The van der Waals surface area contributed by atoms with Crippen molar-refractivity contribution in [3.05, 3.63) is 60.2 Å². The average molecular weight is 310 g/mol. The van der Waals surface area contributed by atoms with Gasteiger partial charge in [0.05, 0.1) is 11.6 Å². The summed E-state index contributed by atoms with van der Waals surface area (Å²) in [5, 5.41) is 8.70. The molecule has 0 fully saturated rings. The van der Waals surface area contributed by atoms with Crippen molar-refractivity contribution in [1.29, 1.82) is 5.26 Å². The number of nitrogens with zero attached hydrogens (tertiary/aromatic N) is 1. The Morgan fingerprint density at radius 1 is 0.947 bits per heavy atom. The van der Waals surface area contributed by atoms with E-state index in [0.29, 0.717) is 17.1 Å². The van der Waals surface area contributed by atoms with E-state index in [4.69, 9.17) is 37.4 Å². The molecule has 0 aromatic heterocycles. The summed E-state index contributed by atoms with van der Waals surface area (Å²) < 4.78 is 10.9. The number of benzene rings is 2. The SMILES string of the molecule is N#Cc1ccc(OP(=S)(Cl)Oc2ccccc2)cc1. The minimum Gasteiger partial charge on any atom is -0.425 e. The van der Waals surface area contributed by atoms with Gasteiger partial charge in [0, 0.05) is 11.8 Å². The molecule has 0 saturated heterocycles. The van der Waals surface area contributed by atoms with Crippen LogP contribution in [0.1, 0.15) is 5.56 Å². The Labute approximate surface area is 121 Å². The lowest BCUT2D eigenvalue weighted by molar-refractivity contribution is 0.505. The molecule has 0 aliphatic rings. The lowest BCUT2D eigenvalue weighted by atomic mass is 10.2. The molecule has 0 aliphatic heterocycles. The minimum atomic E-state index is -2.94. The molecule has 0 saturated carbocycles. The molecule has 0 spiro atoms. The Balaban J connectivity index is 2.08. The Kier molecular flexibility index (Phi) is 4.44. The molecule has 0 amide bonds. The molecule has 1 unspecified atom stereocenters. The fourth-order valence-corrected chi connectivity index (χ4v) is 3.12. The zero-order chi connectivity index (χ0) is 13.7.